The lowest BCUT2D eigenvalue weighted by Gasteiger charge is -2.16. The lowest BCUT2D eigenvalue weighted by molar-refractivity contribution is 0.115. The van der Waals surface area contributed by atoms with Gasteiger partial charge in [-0.25, -0.2) is 0 Å². The van der Waals surface area contributed by atoms with E-state index in [1.165, 1.54) is 0 Å². The van der Waals surface area contributed by atoms with E-state index in [2.05, 4.69) is 10.6 Å². The second kappa shape index (κ2) is 12.0. The Labute approximate surface area is 189 Å². The third-order valence-electron chi connectivity index (χ3n) is 4.83. The van der Waals surface area contributed by atoms with Crippen molar-refractivity contribution >= 4 is 11.4 Å². The van der Waals surface area contributed by atoms with Crippen LogP contribution in [0.2, 0.25) is 0 Å². The van der Waals surface area contributed by atoms with Gasteiger partial charge in [0, 0.05) is 24.5 Å². The van der Waals surface area contributed by atoms with Gasteiger partial charge in [0.25, 0.3) is 0 Å². The Morgan fingerprint density at radius 1 is 0.656 bits per heavy atom. The molecule has 4 N–H and O–H groups in total. The van der Waals surface area contributed by atoms with Gasteiger partial charge in [-0.15, -0.1) is 0 Å². The van der Waals surface area contributed by atoms with Crippen molar-refractivity contribution in [2.24, 2.45) is 0 Å². The molecule has 0 amide bonds. The number of hydrogen-bond acceptors (Lipinski definition) is 6. The highest BCUT2D eigenvalue weighted by molar-refractivity contribution is 5.46. The highest BCUT2D eigenvalue weighted by atomic mass is 16.5. The van der Waals surface area contributed by atoms with Crippen LogP contribution in [-0.4, -0.2) is 48.7 Å². The van der Waals surface area contributed by atoms with Crippen molar-refractivity contribution in [3.05, 3.63) is 83.9 Å². The van der Waals surface area contributed by atoms with Gasteiger partial charge >= 0.3 is 0 Å². The van der Waals surface area contributed by atoms with Gasteiger partial charge in [0.1, 0.15) is 36.9 Å². The summed E-state index contributed by atoms with van der Waals surface area (Å²) in [6.45, 7) is 5.23. The van der Waals surface area contributed by atoms with Crippen molar-refractivity contribution in [1.29, 1.82) is 0 Å². The summed E-state index contributed by atoms with van der Waals surface area (Å²) in [6.07, 6.45) is -1.27. The number of nitrogens with one attached hydrogen (secondary N) is 2. The summed E-state index contributed by atoms with van der Waals surface area (Å²) < 4.78 is 11.3. The van der Waals surface area contributed by atoms with Crippen molar-refractivity contribution in [2.45, 2.75) is 26.1 Å². The van der Waals surface area contributed by atoms with E-state index in [-0.39, 0.29) is 13.2 Å². The van der Waals surface area contributed by atoms with Crippen LogP contribution in [0.4, 0.5) is 11.4 Å². The largest absolute Gasteiger partial charge is 0.491 e. The molecular formula is C26H32N2O4. The number of aliphatic hydroxyl groups is 2. The molecule has 0 radical (unpaired) electrons. The summed E-state index contributed by atoms with van der Waals surface area (Å²) in [6, 6.07) is 23.1. The van der Waals surface area contributed by atoms with Crippen LogP contribution < -0.4 is 20.1 Å². The molecular weight excluding hydrogens is 404 g/mol. The monoisotopic (exact) mass is 436 g/mol. The zero-order valence-corrected chi connectivity index (χ0v) is 18.6. The first-order valence-electron chi connectivity index (χ1n) is 10.8. The molecule has 6 heteroatoms. The Kier molecular flexibility index (Phi) is 8.78. The number of hydrogen-bond donors (Lipinski definition) is 4. The molecule has 0 aliphatic carbocycles. The van der Waals surface area contributed by atoms with Crippen molar-refractivity contribution in [1.82, 2.24) is 0 Å². The summed E-state index contributed by atoms with van der Waals surface area (Å²) in [5, 5.41) is 26.7. The van der Waals surface area contributed by atoms with Crippen LogP contribution in [0.15, 0.2) is 72.8 Å². The number of aryl methyl sites for hydroxylation is 2. The SMILES string of the molecule is Cc1cccc(NC[C@@H](O)COc2ccc(OC[C@@H](O)CNc3cccc(C)c3)cc2)c1. The van der Waals surface area contributed by atoms with Crippen LogP contribution in [-0.2, 0) is 0 Å². The minimum Gasteiger partial charge on any atom is -0.491 e. The molecule has 2 atom stereocenters. The standard InChI is InChI=1S/C26H32N2O4/c1-19-5-3-7-21(13-19)27-15-23(29)17-31-25-9-11-26(12-10-25)32-18-24(30)16-28-22-8-4-6-20(2)14-22/h3-14,23-24,27-30H,15-18H2,1-2H3/t23-,24+. The van der Waals surface area contributed by atoms with Crippen LogP contribution in [0.1, 0.15) is 11.1 Å². The zero-order chi connectivity index (χ0) is 22.8. The predicted molar refractivity (Wildman–Crippen MR) is 129 cm³/mol. The van der Waals surface area contributed by atoms with E-state index in [9.17, 15) is 10.2 Å². The molecule has 0 spiro atoms. The lowest BCUT2D eigenvalue weighted by atomic mass is 10.2. The maximum Gasteiger partial charge on any atom is 0.119 e. The molecule has 3 aromatic carbocycles. The fourth-order valence-corrected chi connectivity index (χ4v) is 3.12. The third kappa shape index (κ3) is 8.13. The maximum atomic E-state index is 10.1. The Hall–Kier alpha value is -3.22. The van der Waals surface area contributed by atoms with Crippen LogP contribution >= 0.6 is 0 Å². The molecule has 32 heavy (non-hydrogen) atoms. The number of benzene rings is 3. The van der Waals surface area contributed by atoms with Gasteiger partial charge in [-0.3, -0.25) is 0 Å². The number of rotatable bonds is 12. The second-order valence-electron chi connectivity index (χ2n) is 7.90. The quantitative estimate of drug-likeness (QED) is 0.343. The molecule has 0 heterocycles. The summed E-state index contributed by atoms with van der Waals surface area (Å²) in [7, 11) is 0. The Balaban J connectivity index is 1.34. The Bertz CT molecular complexity index is 884. The number of ether oxygens (including phenoxy) is 2. The van der Waals surface area contributed by atoms with Gasteiger partial charge in [0.2, 0.25) is 0 Å². The van der Waals surface area contributed by atoms with Crippen molar-refractivity contribution in [3.8, 4) is 11.5 Å². The van der Waals surface area contributed by atoms with Crippen molar-refractivity contribution in [3.63, 3.8) is 0 Å². The molecule has 6 nitrogen and oxygen atoms in total. The van der Waals surface area contributed by atoms with E-state index in [1.807, 2.05) is 62.4 Å². The smallest absolute Gasteiger partial charge is 0.119 e. The normalized spacial score (nSPS) is 12.6. The summed E-state index contributed by atoms with van der Waals surface area (Å²) >= 11 is 0. The summed E-state index contributed by atoms with van der Waals surface area (Å²) in [4.78, 5) is 0. The zero-order valence-electron chi connectivity index (χ0n) is 18.6. The molecule has 0 bridgehead atoms. The topological polar surface area (TPSA) is 83.0 Å². The number of anilines is 2. The lowest BCUT2D eigenvalue weighted by Crippen LogP contribution is -2.26. The van der Waals surface area contributed by atoms with Gasteiger partial charge < -0.3 is 30.3 Å². The van der Waals surface area contributed by atoms with Gasteiger partial charge in [-0.1, -0.05) is 24.3 Å². The molecule has 0 aliphatic rings. The Morgan fingerprint density at radius 2 is 1.06 bits per heavy atom. The number of aliphatic hydroxyl groups excluding tert-OH is 2. The average Bonchev–Trinajstić information content (AvgIpc) is 2.79. The minimum atomic E-state index is -0.637. The van der Waals surface area contributed by atoms with Gasteiger partial charge in [-0.2, -0.15) is 0 Å². The van der Waals surface area contributed by atoms with Crippen LogP contribution in [0.3, 0.4) is 0 Å². The van der Waals surface area contributed by atoms with Crippen LogP contribution in [0.5, 0.6) is 11.5 Å². The molecule has 3 aromatic rings. The molecule has 0 aromatic heterocycles. The van der Waals surface area contributed by atoms with Crippen LogP contribution in [0, 0.1) is 13.8 Å². The fraction of sp³-hybridized carbons (Fsp3) is 0.308. The highest BCUT2D eigenvalue weighted by Gasteiger charge is 2.08. The first-order chi connectivity index (χ1) is 15.5. The maximum absolute atomic E-state index is 10.1. The molecule has 3 rings (SSSR count). The fourth-order valence-electron chi connectivity index (χ4n) is 3.12. The van der Waals surface area contributed by atoms with Crippen molar-refractivity contribution in [2.75, 3.05) is 36.9 Å². The second-order valence-corrected chi connectivity index (χ2v) is 7.90. The van der Waals surface area contributed by atoms with Gasteiger partial charge in [0.05, 0.1) is 0 Å². The summed E-state index contributed by atoms with van der Waals surface area (Å²) in [5.41, 5.74) is 4.28. The molecule has 170 valence electrons. The van der Waals surface area contributed by atoms with Crippen LogP contribution in [0.25, 0.3) is 0 Å². The van der Waals surface area contributed by atoms with Gasteiger partial charge in [0.15, 0.2) is 0 Å². The van der Waals surface area contributed by atoms with Gasteiger partial charge in [-0.05, 0) is 73.5 Å². The van der Waals surface area contributed by atoms with E-state index in [1.54, 1.807) is 24.3 Å². The minimum absolute atomic E-state index is 0.183. The summed E-state index contributed by atoms with van der Waals surface area (Å²) in [5.74, 6) is 1.29. The molecule has 0 aliphatic heterocycles. The van der Waals surface area contributed by atoms with E-state index >= 15 is 0 Å². The molecule has 0 saturated carbocycles. The van der Waals surface area contributed by atoms with E-state index in [0.717, 1.165) is 22.5 Å². The molecule has 0 fully saturated rings. The first-order valence-corrected chi connectivity index (χ1v) is 10.8. The Morgan fingerprint density at radius 3 is 1.44 bits per heavy atom. The highest BCUT2D eigenvalue weighted by Crippen LogP contribution is 2.18. The molecule has 0 saturated heterocycles. The average molecular weight is 437 g/mol. The van der Waals surface area contributed by atoms with E-state index in [0.29, 0.717) is 24.6 Å². The third-order valence-corrected chi connectivity index (χ3v) is 4.83. The van der Waals surface area contributed by atoms with E-state index < -0.39 is 12.2 Å². The van der Waals surface area contributed by atoms with Crippen molar-refractivity contribution < 1.29 is 19.7 Å². The van der Waals surface area contributed by atoms with E-state index in [4.69, 9.17) is 9.47 Å². The first kappa shape index (κ1) is 23.4. The predicted octanol–water partition coefficient (Wildman–Crippen LogP) is 4.01. The molecule has 0 unspecified atom stereocenters.